The molecule has 2 aromatic carbocycles. The summed E-state index contributed by atoms with van der Waals surface area (Å²) in [4.78, 5) is 27.2. The Labute approximate surface area is 187 Å². The maximum absolute atomic E-state index is 13.1. The number of rotatable bonds is 9. The second-order valence-corrected chi connectivity index (χ2v) is 8.43. The molecule has 1 atom stereocenters. The Hall–Kier alpha value is -2.34. The summed E-state index contributed by atoms with van der Waals surface area (Å²) in [6.07, 6.45) is 0.843. The van der Waals surface area contributed by atoms with E-state index in [0.717, 1.165) is 33.1 Å². The topological polar surface area (TPSA) is 58.6 Å². The van der Waals surface area contributed by atoms with E-state index in [4.69, 9.17) is 4.74 Å². The van der Waals surface area contributed by atoms with Crippen molar-refractivity contribution >= 4 is 27.7 Å². The average Bonchev–Trinajstić information content (AvgIpc) is 2.71. The van der Waals surface area contributed by atoms with E-state index in [1.807, 2.05) is 64.1 Å². The number of carbonyl (C=O) groups is 2. The molecule has 0 fully saturated rings. The Balaban J connectivity index is 2.17. The lowest BCUT2D eigenvalue weighted by atomic mass is 10.1. The standard InChI is InChI=1S/C24H31BrN2O3/c1-6-10-26-24(29)19(5)27(14-20-9-7-8-16(2)11-20)22(28)15-30-21-12-17(3)23(25)18(4)13-21/h7-9,11-13,19H,6,10,14-15H2,1-5H3,(H,26,29)/t19-/m1/s1. The van der Waals surface area contributed by atoms with Crippen molar-refractivity contribution in [1.82, 2.24) is 10.2 Å². The molecule has 6 heteroatoms. The average molecular weight is 475 g/mol. The van der Waals surface area contributed by atoms with Crippen molar-refractivity contribution in [2.75, 3.05) is 13.2 Å². The predicted octanol–water partition coefficient (Wildman–Crippen LogP) is 4.70. The van der Waals surface area contributed by atoms with Crippen molar-refractivity contribution in [3.63, 3.8) is 0 Å². The summed E-state index contributed by atoms with van der Waals surface area (Å²) in [6, 6.07) is 11.2. The zero-order chi connectivity index (χ0) is 22.3. The Kier molecular flexibility index (Phi) is 8.90. The van der Waals surface area contributed by atoms with Crippen LogP contribution in [0.5, 0.6) is 5.75 Å². The molecule has 162 valence electrons. The Bertz CT molecular complexity index is 875. The van der Waals surface area contributed by atoms with Crippen molar-refractivity contribution in [3.8, 4) is 5.75 Å². The second kappa shape index (κ2) is 11.2. The minimum absolute atomic E-state index is 0.127. The van der Waals surface area contributed by atoms with E-state index in [1.54, 1.807) is 11.8 Å². The molecule has 0 spiro atoms. The number of carbonyl (C=O) groups excluding carboxylic acids is 2. The summed E-state index contributed by atoms with van der Waals surface area (Å²) in [5.41, 5.74) is 4.18. The molecule has 0 unspecified atom stereocenters. The van der Waals surface area contributed by atoms with Crippen LogP contribution in [0.15, 0.2) is 40.9 Å². The number of nitrogens with zero attached hydrogens (tertiary/aromatic N) is 1. The molecular formula is C24H31BrN2O3. The van der Waals surface area contributed by atoms with Gasteiger partial charge in [0, 0.05) is 17.6 Å². The smallest absolute Gasteiger partial charge is 0.261 e. The van der Waals surface area contributed by atoms with E-state index in [9.17, 15) is 9.59 Å². The number of nitrogens with one attached hydrogen (secondary N) is 1. The number of ether oxygens (including phenoxy) is 1. The van der Waals surface area contributed by atoms with Crippen LogP contribution in [0.3, 0.4) is 0 Å². The number of hydrogen-bond donors (Lipinski definition) is 1. The third-order valence-electron chi connectivity index (χ3n) is 4.92. The minimum Gasteiger partial charge on any atom is -0.484 e. The zero-order valence-corrected chi connectivity index (χ0v) is 20.0. The molecule has 2 amide bonds. The first-order valence-electron chi connectivity index (χ1n) is 10.2. The number of amides is 2. The highest BCUT2D eigenvalue weighted by Crippen LogP contribution is 2.26. The van der Waals surface area contributed by atoms with Gasteiger partial charge in [-0.2, -0.15) is 0 Å². The maximum Gasteiger partial charge on any atom is 0.261 e. The third-order valence-corrected chi connectivity index (χ3v) is 6.18. The summed E-state index contributed by atoms with van der Waals surface area (Å²) in [5, 5.41) is 2.88. The molecule has 5 nitrogen and oxygen atoms in total. The highest BCUT2D eigenvalue weighted by Gasteiger charge is 2.26. The molecule has 0 aliphatic rings. The van der Waals surface area contributed by atoms with Gasteiger partial charge in [0.05, 0.1) is 0 Å². The van der Waals surface area contributed by atoms with Crippen molar-refractivity contribution < 1.29 is 14.3 Å². The second-order valence-electron chi connectivity index (χ2n) is 7.64. The van der Waals surface area contributed by atoms with E-state index in [-0.39, 0.29) is 18.4 Å². The molecule has 2 rings (SSSR count). The van der Waals surface area contributed by atoms with Crippen LogP contribution in [-0.2, 0) is 16.1 Å². The monoisotopic (exact) mass is 474 g/mol. The Morgan fingerprint density at radius 1 is 1.13 bits per heavy atom. The number of hydrogen-bond acceptors (Lipinski definition) is 3. The lowest BCUT2D eigenvalue weighted by molar-refractivity contribution is -0.142. The summed E-state index contributed by atoms with van der Waals surface area (Å²) >= 11 is 3.54. The summed E-state index contributed by atoms with van der Waals surface area (Å²) < 4.78 is 6.83. The maximum atomic E-state index is 13.1. The van der Waals surface area contributed by atoms with Crippen LogP contribution in [0.1, 0.15) is 42.5 Å². The van der Waals surface area contributed by atoms with Crippen LogP contribution in [0.25, 0.3) is 0 Å². The van der Waals surface area contributed by atoms with Gasteiger partial charge >= 0.3 is 0 Å². The largest absolute Gasteiger partial charge is 0.484 e. The lowest BCUT2D eigenvalue weighted by Gasteiger charge is -2.29. The number of halogens is 1. The molecule has 0 aromatic heterocycles. The first-order valence-corrected chi connectivity index (χ1v) is 11.0. The van der Waals surface area contributed by atoms with E-state index < -0.39 is 6.04 Å². The Morgan fingerprint density at radius 3 is 2.40 bits per heavy atom. The van der Waals surface area contributed by atoms with Crippen LogP contribution in [-0.4, -0.2) is 35.9 Å². The fourth-order valence-corrected chi connectivity index (χ4v) is 3.43. The predicted molar refractivity (Wildman–Crippen MR) is 124 cm³/mol. The van der Waals surface area contributed by atoms with Gasteiger partial charge in [-0.3, -0.25) is 9.59 Å². The van der Waals surface area contributed by atoms with Crippen LogP contribution in [0, 0.1) is 20.8 Å². The van der Waals surface area contributed by atoms with Gasteiger partial charge in [-0.15, -0.1) is 0 Å². The molecule has 0 aliphatic carbocycles. The molecule has 0 heterocycles. The summed E-state index contributed by atoms with van der Waals surface area (Å²) in [7, 11) is 0. The SMILES string of the molecule is CCCNC(=O)[C@@H](C)N(Cc1cccc(C)c1)C(=O)COc1cc(C)c(Br)c(C)c1. The normalized spacial score (nSPS) is 11.7. The Morgan fingerprint density at radius 2 is 1.80 bits per heavy atom. The molecule has 0 saturated carbocycles. The van der Waals surface area contributed by atoms with Gasteiger partial charge in [0.15, 0.2) is 6.61 Å². The fourth-order valence-electron chi connectivity index (χ4n) is 3.20. The van der Waals surface area contributed by atoms with Gasteiger partial charge in [-0.1, -0.05) is 52.7 Å². The van der Waals surface area contributed by atoms with Crippen LogP contribution < -0.4 is 10.1 Å². The third kappa shape index (κ3) is 6.59. The van der Waals surface area contributed by atoms with Crippen molar-refractivity contribution in [2.45, 2.75) is 53.6 Å². The van der Waals surface area contributed by atoms with Gasteiger partial charge in [0.25, 0.3) is 5.91 Å². The molecule has 0 bridgehead atoms. The molecule has 30 heavy (non-hydrogen) atoms. The van der Waals surface area contributed by atoms with Gasteiger partial charge < -0.3 is 15.0 Å². The van der Waals surface area contributed by atoms with Crippen molar-refractivity contribution in [2.24, 2.45) is 0 Å². The van der Waals surface area contributed by atoms with Crippen molar-refractivity contribution in [3.05, 3.63) is 63.1 Å². The highest BCUT2D eigenvalue weighted by atomic mass is 79.9. The summed E-state index contributed by atoms with van der Waals surface area (Å²) in [5.74, 6) is 0.252. The van der Waals surface area contributed by atoms with Crippen LogP contribution in [0.2, 0.25) is 0 Å². The number of benzene rings is 2. The first kappa shape index (κ1) is 23.9. The highest BCUT2D eigenvalue weighted by molar-refractivity contribution is 9.10. The molecular weight excluding hydrogens is 444 g/mol. The molecule has 0 radical (unpaired) electrons. The van der Waals surface area contributed by atoms with Gasteiger partial charge in [-0.25, -0.2) is 0 Å². The number of aryl methyl sites for hydroxylation is 3. The zero-order valence-electron chi connectivity index (χ0n) is 18.4. The molecule has 0 aliphatic heterocycles. The van der Waals surface area contributed by atoms with Gasteiger partial charge in [-0.05, 0) is 62.9 Å². The molecule has 0 saturated heterocycles. The van der Waals surface area contributed by atoms with E-state index in [1.165, 1.54) is 0 Å². The minimum atomic E-state index is -0.596. The van der Waals surface area contributed by atoms with Crippen LogP contribution >= 0.6 is 15.9 Å². The lowest BCUT2D eigenvalue weighted by Crippen LogP contribution is -2.49. The van der Waals surface area contributed by atoms with Gasteiger partial charge in [0.1, 0.15) is 11.8 Å². The molecule has 2 aromatic rings. The van der Waals surface area contributed by atoms with E-state index >= 15 is 0 Å². The van der Waals surface area contributed by atoms with E-state index in [2.05, 4.69) is 21.2 Å². The fraction of sp³-hybridized carbons (Fsp3) is 0.417. The quantitative estimate of drug-likeness (QED) is 0.572. The molecule has 1 N–H and O–H groups in total. The van der Waals surface area contributed by atoms with Gasteiger partial charge in [0.2, 0.25) is 5.91 Å². The van der Waals surface area contributed by atoms with Crippen molar-refractivity contribution in [1.29, 1.82) is 0 Å². The first-order chi connectivity index (χ1) is 14.2. The van der Waals surface area contributed by atoms with E-state index in [0.29, 0.717) is 18.8 Å². The summed E-state index contributed by atoms with van der Waals surface area (Å²) in [6.45, 7) is 10.5. The van der Waals surface area contributed by atoms with Crippen LogP contribution in [0.4, 0.5) is 0 Å².